The summed E-state index contributed by atoms with van der Waals surface area (Å²) in [6.45, 7) is 10.0. The molecule has 46 heavy (non-hydrogen) atoms. The number of hydrogen-bond acceptors (Lipinski definition) is 7. The first-order chi connectivity index (χ1) is 21.6. The zero-order chi connectivity index (χ0) is 34.5. The van der Waals surface area contributed by atoms with Gasteiger partial charge in [0.2, 0.25) is 11.8 Å². The fourth-order valence-corrected chi connectivity index (χ4v) is 5.85. The third kappa shape index (κ3) is 12.3. The van der Waals surface area contributed by atoms with E-state index in [1.807, 2.05) is 77.1 Å². The summed E-state index contributed by atoms with van der Waals surface area (Å²) in [7, 11) is -4.02. The molecule has 0 spiro atoms. The summed E-state index contributed by atoms with van der Waals surface area (Å²) in [5, 5.41) is 10.8. The molecular formula is C34H50N4O7S. The number of nitrogens with two attached hydrogens (primary N) is 1. The van der Waals surface area contributed by atoms with Crippen LogP contribution in [0.25, 0.3) is 6.08 Å². The predicted octanol–water partition coefficient (Wildman–Crippen LogP) is 4.90. The normalized spacial score (nSPS) is 15.6. The van der Waals surface area contributed by atoms with E-state index in [2.05, 4.69) is 5.43 Å². The van der Waals surface area contributed by atoms with Crippen molar-refractivity contribution in [2.75, 3.05) is 6.54 Å². The third-order valence-electron chi connectivity index (χ3n) is 7.77. The SMILES string of the molecule is CC(C)C[C@@H](C(=O)NN(CC(C)C)C(=O)C1(N)CCCC1)[C@H](C/C=C/c1ccccc1)C(=O)NO.Cc1ccc(S(=O)(=O)O)cc1. The van der Waals surface area contributed by atoms with Gasteiger partial charge in [0, 0.05) is 6.54 Å². The van der Waals surface area contributed by atoms with Gasteiger partial charge >= 0.3 is 0 Å². The maximum absolute atomic E-state index is 13.6. The number of hydrogen-bond donors (Lipinski definition) is 5. The number of nitrogens with one attached hydrogen (secondary N) is 2. The zero-order valence-electron chi connectivity index (χ0n) is 27.5. The lowest BCUT2D eigenvalue weighted by Gasteiger charge is -2.34. The Balaban J connectivity index is 0.000000562. The van der Waals surface area contributed by atoms with Gasteiger partial charge in [0.25, 0.3) is 16.0 Å². The van der Waals surface area contributed by atoms with Crippen molar-refractivity contribution in [3.8, 4) is 0 Å². The topological polar surface area (TPSA) is 179 Å². The molecule has 0 radical (unpaired) electrons. The van der Waals surface area contributed by atoms with Crippen molar-refractivity contribution in [2.24, 2.45) is 29.4 Å². The molecule has 1 saturated carbocycles. The van der Waals surface area contributed by atoms with Crippen LogP contribution in [0.4, 0.5) is 0 Å². The van der Waals surface area contributed by atoms with Crippen LogP contribution in [0.5, 0.6) is 0 Å². The van der Waals surface area contributed by atoms with Gasteiger partial charge < -0.3 is 5.73 Å². The van der Waals surface area contributed by atoms with Gasteiger partial charge in [-0.05, 0) is 62.1 Å². The Bertz CT molecular complexity index is 1400. The molecule has 3 rings (SSSR count). The highest BCUT2D eigenvalue weighted by atomic mass is 32.2. The van der Waals surface area contributed by atoms with Crippen molar-refractivity contribution in [1.82, 2.24) is 15.9 Å². The zero-order valence-corrected chi connectivity index (χ0v) is 28.3. The number of hydrazine groups is 1. The van der Waals surface area contributed by atoms with E-state index in [4.69, 9.17) is 10.3 Å². The minimum atomic E-state index is -4.02. The molecule has 12 heteroatoms. The van der Waals surface area contributed by atoms with Crippen molar-refractivity contribution < 1.29 is 32.6 Å². The summed E-state index contributed by atoms with van der Waals surface area (Å²) in [4.78, 5) is 39.5. The summed E-state index contributed by atoms with van der Waals surface area (Å²) in [6, 6.07) is 15.6. The highest BCUT2D eigenvalue weighted by Crippen LogP contribution is 2.30. The van der Waals surface area contributed by atoms with E-state index in [1.165, 1.54) is 17.1 Å². The molecule has 1 aliphatic carbocycles. The second-order valence-corrected chi connectivity index (χ2v) is 14.2. The van der Waals surface area contributed by atoms with E-state index in [0.717, 1.165) is 24.0 Å². The number of benzene rings is 2. The number of nitrogens with zero attached hydrogens (tertiary/aromatic N) is 1. The quantitative estimate of drug-likeness (QED) is 0.121. The number of carbonyl (C=O) groups is 3. The largest absolute Gasteiger partial charge is 0.317 e. The van der Waals surface area contributed by atoms with Gasteiger partial charge in [-0.3, -0.25) is 34.6 Å². The van der Waals surface area contributed by atoms with E-state index in [-0.39, 0.29) is 29.1 Å². The highest BCUT2D eigenvalue weighted by molar-refractivity contribution is 7.85. The fraction of sp³-hybridized carbons (Fsp3) is 0.500. The van der Waals surface area contributed by atoms with E-state index < -0.39 is 39.3 Å². The van der Waals surface area contributed by atoms with Crippen molar-refractivity contribution in [3.05, 3.63) is 71.8 Å². The van der Waals surface area contributed by atoms with Gasteiger partial charge in [-0.2, -0.15) is 8.42 Å². The number of carbonyl (C=O) groups excluding carboxylic acids is 3. The number of hydroxylamine groups is 1. The average molecular weight is 659 g/mol. The monoisotopic (exact) mass is 658 g/mol. The lowest BCUT2D eigenvalue weighted by Crippen LogP contribution is -2.60. The van der Waals surface area contributed by atoms with Gasteiger partial charge in [-0.15, -0.1) is 0 Å². The summed E-state index contributed by atoms with van der Waals surface area (Å²) < 4.78 is 29.6. The molecule has 3 amide bonds. The van der Waals surface area contributed by atoms with Crippen LogP contribution in [-0.4, -0.2) is 53.0 Å². The average Bonchev–Trinajstić information content (AvgIpc) is 3.45. The number of rotatable bonds is 12. The maximum atomic E-state index is 13.6. The molecular weight excluding hydrogens is 608 g/mol. The van der Waals surface area contributed by atoms with Crippen molar-refractivity contribution in [3.63, 3.8) is 0 Å². The Morgan fingerprint density at radius 2 is 1.52 bits per heavy atom. The lowest BCUT2D eigenvalue weighted by molar-refractivity contribution is -0.150. The second kappa shape index (κ2) is 17.9. The summed E-state index contributed by atoms with van der Waals surface area (Å²) >= 11 is 0. The van der Waals surface area contributed by atoms with E-state index in [0.29, 0.717) is 25.8 Å². The predicted molar refractivity (Wildman–Crippen MR) is 178 cm³/mol. The van der Waals surface area contributed by atoms with E-state index in [1.54, 1.807) is 17.6 Å². The van der Waals surface area contributed by atoms with Crippen molar-refractivity contribution >= 4 is 33.9 Å². The Morgan fingerprint density at radius 1 is 0.935 bits per heavy atom. The van der Waals surface area contributed by atoms with Gasteiger partial charge in [-0.25, -0.2) is 5.48 Å². The number of allylic oxidation sites excluding steroid dienone is 1. The molecule has 2 aromatic carbocycles. The van der Waals surface area contributed by atoms with Crippen LogP contribution in [0, 0.1) is 30.6 Å². The second-order valence-electron chi connectivity index (χ2n) is 12.8. The Morgan fingerprint density at radius 3 is 2.02 bits per heavy atom. The van der Waals surface area contributed by atoms with Crippen LogP contribution in [0.1, 0.15) is 77.3 Å². The Hall–Kier alpha value is -3.58. The molecule has 11 nitrogen and oxygen atoms in total. The molecule has 254 valence electrons. The van der Waals surface area contributed by atoms with Gasteiger partial charge in [0.05, 0.1) is 22.3 Å². The molecule has 0 bridgehead atoms. The molecule has 0 saturated heterocycles. The fourth-order valence-electron chi connectivity index (χ4n) is 5.37. The number of amides is 3. The summed E-state index contributed by atoms with van der Waals surface area (Å²) in [5.41, 5.74) is 11.9. The minimum Gasteiger partial charge on any atom is -0.317 e. The molecule has 1 aliphatic rings. The number of aryl methyl sites for hydroxylation is 1. The first-order valence-corrected chi connectivity index (χ1v) is 17.1. The van der Waals surface area contributed by atoms with E-state index >= 15 is 0 Å². The van der Waals surface area contributed by atoms with Gasteiger partial charge in [0.1, 0.15) is 0 Å². The van der Waals surface area contributed by atoms with Crippen LogP contribution in [0.15, 0.2) is 65.6 Å². The standard InChI is InChI=1S/C27H42N4O4.C7H8O3S/c1-19(2)17-23(22(25(33)30-35)14-10-13-21-11-6-5-7-12-21)24(32)29-31(18-20(3)4)26(34)27(28)15-8-9-16-27;1-6-2-4-7(5-3-6)11(8,9)10/h5-7,10-13,19-20,22-23,35H,8-9,14-18,28H2,1-4H3,(H,29,32)(H,30,33);2-5H,1H3,(H,8,9,10)/b13-10+;/t22-,23+;/m0./s1. The first-order valence-electron chi connectivity index (χ1n) is 15.7. The summed E-state index contributed by atoms with van der Waals surface area (Å²) in [6.07, 6.45) is 7.33. The Kier molecular flexibility index (Phi) is 15.1. The molecule has 6 N–H and O–H groups in total. The highest BCUT2D eigenvalue weighted by Gasteiger charge is 2.42. The lowest BCUT2D eigenvalue weighted by atomic mass is 9.82. The first kappa shape index (κ1) is 38.6. The molecule has 0 aromatic heterocycles. The van der Waals surface area contributed by atoms with Gasteiger partial charge in [-0.1, -0.05) is 101 Å². The van der Waals surface area contributed by atoms with Crippen LogP contribution in [0.3, 0.4) is 0 Å². The third-order valence-corrected chi connectivity index (χ3v) is 8.64. The van der Waals surface area contributed by atoms with Crippen molar-refractivity contribution in [2.45, 2.75) is 83.6 Å². The van der Waals surface area contributed by atoms with Crippen LogP contribution in [-0.2, 0) is 24.5 Å². The van der Waals surface area contributed by atoms with Crippen molar-refractivity contribution in [1.29, 1.82) is 0 Å². The van der Waals surface area contributed by atoms with Gasteiger partial charge in [0.15, 0.2) is 0 Å². The van der Waals surface area contributed by atoms with E-state index in [9.17, 15) is 28.0 Å². The molecule has 2 atom stereocenters. The molecule has 0 heterocycles. The maximum Gasteiger partial charge on any atom is 0.294 e. The minimum absolute atomic E-state index is 0.0666. The molecule has 0 aliphatic heterocycles. The van der Waals surface area contributed by atoms with Crippen LogP contribution in [0.2, 0.25) is 0 Å². The van der Waals surface area contributed by atoms with Crippen LogP contribution < -0.4 is 16.6 Å². The molecule has 0 unspecified atom stereocenters. The van der Waals surface area contributed by atoms with Crippen LogP contribution >= 0.6 is 0 Å². The Labute approximate surface area is 273 Å². The smallest absolute Gasteiger partial charge is 0.294 e. The summed E-state index contributed by atoms with van der Waals surface area (Å²) in [5.74, 6) is -2.67. The molecule has 1 fully saturated rings. The molecule has 2 aromatic rings.